The van der Waals surface area contributed by atoms with E-state index in [2.05, 4.69) is 262 Å². The van der Waals surface area contributed by atoms with Crippen molar-refractivity contribution in [3.8, 4) is 44.5 Å². The highest BCUT2D eigenvalue weighted by atomic mass is 15.0. The van der Waals surface area contributed by atoms with E-state index < -0.39 is 0 Å². The first-order valence-corrected chi connectivity index (χ1v) is 32.1. The Balaban J connectivity index is 1.48. The molecule has 0 heterocycles. The second-order valence-electron chi connectivity index (χ2n) is 28.5. The standard InChI is InChI=1S/C78H110N2/c1-43(2)55-35-65(47(9)10)75(66(36-55)48(11)12)59-29-60(76-67(49(13)14)37-56(44(3)4)38-68(76)50(15)16)32-63(31-59)79-73-27-25-26-28-74(73)80-64-33-61(77-69(51(17)18)39-57(45(5)6)40-70(77)52(19)20)30-62(34-64)78-71(53(21)22)41-58(46(7)8)42-72(78)54(23)24/h29-54,73-74,79-80H,25-28H2,1-24H3/t73-,74-/m1/s1. The fourth-order valence-electron chi connectivity index (χ4n) is 13.1. The molecule has 1 fully saturated rings. The second kappa shape index (κ2) is 26.0. The van der Waals surface area contributed by atoms with Gasteiger partial charge in [-0.25, -0.2) is 0 Å². The van der Waals surface area contributed by atoms with Gasteiger partial charge in [0.25, 0.3) is 0 Å². The summed E-state index contributed by atoms with van der Waals surface area (Å²) in [5.41, 5.74) is 30.9. The van der Waals surface area contributed by atoms with E-state index in [1.54, 1.807) is 0 Å². The largest absolute Gasteiger partial charge is 0.380 e. The molecule has 0 radical (unpaired) electrons. The first-order chi connectivity index (χ1) is 37.6. The summed E-state index contributed by atoms with van der Waals surface area (Å²) in [5, 5.41) is 8.77. The van der Waals surface area contributed by atoms with E-state index in [1.165, 1.54) is 135 Å². The Hall–Kier alpha value is -5.08. The third-order valence-electron chi connectivity index (χ3n) is 18.0. The van der Waals surface area contributed by atoms with Gasteiger partial charge in [0.05, 0.1) is 0 Å². The number of benzene rings is 6. The predicted molar refractivity (Wildman–Crippen MR) is 357 cm³/mol. The van der Waals surface area contributed by atoms with Crippen LogP contribution in [0.2, 0.25) is 0 Å². The molecule has 7 rings (SSSR count). The van der Waals surface area contributed by atoms with Crippen LogP contribution in [0.1, 0.15) is 330 Å². The van der Waals surface area contributed by atoms with Gasteiger partial charge in [0.2, 0.25) is 0 Å². The van der Waals surface area contributed by atoms with Gasteiger partial charge in [-0.2, -0.15) is 0 Å². The van der Waals surface area contributed by atoms with Gasteiger partial charge in [-0.3, -0.25) is 0 Å². The van der Waals surface area contributed by atoms with Crippen molar-refractivity contribution < 1.29 is 0 Å². The van der Waals surface area contributed by atoms with Crippen molar-refractivity contribution >= 4 is 11.4 Å². The topological polar surface area (TPSA) is 24.1 Å². The molecule has 0 amide bonds. The summed E-state index contributed by atoms with van der Waals surface area (Å²) in [5.74, 6) is 4.82. The molecule has 0 saturated heterocycles. The molecule has 432 valence electrons. The van der Waals surface area contributed by atoms with E-state index in [0.717, 1.165) is 12.8 Å². The zero-order valence-corrected chi connectivity index (χ0v) is 55.0. The molecule has 0 spiro atoms. The lowest BCUT2D eigenvalue weighted by Crippen LogP contribution is -2.41. The molecule has 2 atom stereocenters. The minimum atomic E-state index is 0.222. The maximum atomic E-state index is 4.39. The van der Waals surface area contributed by atoms with Crippen molar-refractivity contribution in [3.63, 3.8) is 0 Å². The fraction of sp³-hybridized carbons (Fsp3) is 0.538. The van der Waals surface area contributed by atoms with Crippen molar-refractivity contribution in [3.05, 3.63) is 152 Å². The Morgan fingerprint density at radius 3 is 0.562 bits per heavy atom. The van der Waals surface area contributed by atoms with Gasteiger partial charge in [0, 0.05) is 23.5 Å². The number of hydrogen-bond donors (Lipinski definition) is 2. The van der Waals surface area contributed by atoms with Crippen molar-refractivity contribution in [2.24, 2.45) is 0 Å². The summed E-state index contributed by atoms with van der Waals surface area (Å²) in [4.78, 5) is 0. The van der Waals surface area contributed by atoms with E-state index in [9.17, 15) is 0 Å². The lowest BCUT2D eigenvalue weighted by atomic mass is 9.79. The maximum Gasteiger partial charge on any atom is 0.0462 e. The van der Waals surface area contributed by atoms with Gasteiger partial charge >= 0.3 is 0 Å². The summed E-state index contributed by atoms with van der Waals surface area (Å²) in [6.45, 7) is 57.2. The normalized spacial score (nSPS) is 15.4. The van der Waals surface area contributed by atoms with Crippen LogP contribution < -0.4 is 10.6 Å². The fourth-order valence-corrected chi connectivity index (χ4v) is 13.1. The Labute approximate surface area is 490 Å². The minimum Gasteiger partial charge on any atom is -0.380 e. The van der Waals surface area contributed by atoms with Crippen LogP contribution in [-0.4, -0.2) is 12.1 Å². The van der Waals surface area contributed by atoms with Gasteiger partial charge in [-0.1, -0.05) is 228 Å². The monoisotopic (exact) mass is 1070 g/mol. The Bertz CT molecular complexity index is 2570. The SMILES string of the molecule is CC(C)c1cc(C(C)C)c(-c2cc(N[C@@H]3CCCC[C@H]3Nc3cc(-c4c(C(C)C)cc(C(C)C)cc4C(C)C)cc(-c4c(C(C)C)cc(C(C)C)cc4C(C)C)c3)cc(-c3c(C(C)C)cc(C(C)C)cc3C(C)C)c2)c(C(C)C)c1. The van der Waals surface area contributed by atoms with Crippen molar-refractivity contribution in [1.82, 2.24) is 0 Å². The second-order valence-corrected chi connectivity index (χ2v) is 28.5. The van der Waals surface area contributed by atoms with E-state index >= 15 is 0 Å². The van der Waals surface area contributed by atoms with E-state index in [1.807, 2.05) is 0 Å². The number of nitrogens with one attached hydrogen (secondary N) is 2. The Morgan fingerprint density at radius 2 is 0.412 bits per heavy atom. The van der Waals surface area contributed by atoms with Gasteiger partial charge in [-0.05, 0) is 232 Å². The Kier molecular flexibility index (Phi) is 20.3. The third-order valence-corrected chi connectivity index (χ3v) is 18.0. The summed E-state index contributed by atoms with van der Waals surface area (Å²) in [6, 6.07) is 36.0. The average molecular weight is 1080 g/mol. The molecule has 6 aromatic carbocycles. The highest BCUT2D eigenvalue weighted by molar-refractivity contribution is 5.86. The van der Waals surface area contributed by atoms with Crippen LogP contribution in [0.5, 0.6) is 0 Å². The lowest BCUT2D eigenvalue weighted by molar-refractivity contribution is 0.424. The molecule has 2 nitrogen and oxygen atoms in total. The average Bonchev–Trinajstić information content (AvgIpc) is 3.39. The highest BCUT2D eigenvalue weighted by Gasteiger charge is 2.30. The zero-order chi connectivity index (χ0) is 58.9. The van der Waals surface area contributed by atoms with Gasteiger partial charge in [-0.15, -0.1) is 0 Å². The predicted octanol–water partition coefficient (Wildman–Crippen LogP) is 24.7. The third kappa shape index (κ3) is 13.7. The molecule has 1 aliphatic carbocycles. The Morgan fingerprint density at radius 1 is 0.237 bits per heavy atom. The summed E-state index contributed by atoms with van der Waals surface area (Å²) < 4.78 is 0. The highest BCUT2D eigenvalue weighted by Crippen LogP contribution is 2.48. The quantitative estimate of drug-likeness (QED) is 0.0796. The van der Waals surface area contributed by atoms with Gasteiger partial charge in [0.1, 0.15) is 0 Å². The lowest BCUT2D eigenvalue weighted by Gasteiger charge is -2.35. The number of rotatable bonds is 20. The number of hydrogen-bond acceptors (Lipinski definition) is 2. The molecular formula is C78H110N2. The van der Waals surface area contributed by atoms with Crippen molar-refractivity contribution in [2.45, 2.75) is 275 Å². The molecular weight excluding hydrogens is 965 g/mol. The molecule has 1 saturated carbocycles. The maximum absolute atomic E-state index is 4.39. The molecule has 6 aromatic rings. The van der Waals surface area contributed by atoms with Gasteiger partial charge in [0.15, 0.2) is 0 Å². The summed E-state index contributed by atoms with van der Waals surface area (Å²) >= 11 is 0. The number of anilines is 2. The molecule has 0 aromatic heterocycles. The molecule has 80 heavy (non-hydrogen) atoms. The van der Waals surface area contributed by atoms with Crippen LogP contribution in [0.15, 0.2) is 84.9 Å². The molecule has 1 aliphatic rings. The van der Waals surface area contributed by atoms with Crippen LogP contribution in [0.3, 0.4) is 0 Å². The van der Waals surface area contributed by atoms with Gasteiger partial charge < -0.3 is 10.6 Å². The van der Waals surface area contributed by atoms with E-state index in [-0.39, 0.29) is 12.1 Å². The molecule has 0 bridgehead atoms. The van der Waals surface area contributed by atoms with Crippen LogP contribution in [0, 0.1) is 0 Å². The van der Waals surface area contributed by atoms with E-state index in [4.69, 9.17) is 0 Å². The first-order valence-electron chi connectivity index (χ1n) is 32.1. The van der Waals surface area contributed by atoms with E-state index in [0.29, 0.717) is 71.0 Å². The molecule has 0 aliphatic heterocycles. The van der Waals surface area contributed by atoms with Crippen molar-refractivity contribution in [2.75, 3.05) is 10.6 Å². The van der Waals surface area contributed by atoms with Crippen LogP contribution in [0.4, 0.5) is 11.4 Å². The summed E-state index contributed by atoms with van der Waals surface area (Å²) in [6.07, 6.45) is 4.63. The molecule has 2 heteroatoms. The smallest absolute Gasteiger partial charge is 0.0462 e. The summed E-state index contributed by atoms with van der Waals surface area (Å²) in [7, 11) is 0. The minimum absolute atomic E-state index is 0.222. The zero-order valence-electron chi connectivity index (χ0n) is 55.0. The van der Waals surface area contributed by atoms with Crippen molar-refractivity contribution in [1.29, 1.82) is 0 Å². The molecule has 0 unspecified atom stereocenters. The van der Waals surface area contributed by atoms with Crippen LogP contribution in [0.25, 0.3) is 44.5 Å². The van der Waals surface area contributed by atoms with Crippen LogP contribution >= 0.6 is 0 Å². The van der Waals surface area contributed by atoms with Crippen LogP contribution in [-0.2, 0) is 0 Å². The first kappa shape index (κ1) is 62.5. The molecule has 2 N–H and O–H groups in total.